The summed E-state index contributed by atoms with van der Waals surface area (Å²) in [6, 6.07) is 15.1. The van der Waals surface area contributed by atoms with Gasteiger partial charge < -0.3 is 19.7 Å². The molecule has 0 aliphatic carbocycles. The number of hydrogen-bond donors (Lipinski definition) is 1. The molecule has 1 aliphatic rings. The number of amides is 1. The van der Waals surface area contributed by atoms with E-state index in [9.17, 15) is 4.79 Å². The molecule has 1 fully saturated rings. The van der Waals surface area contributed by atoms with Crippen LogP contribution in [0.2, 0.25) is 0 Å². The fourth-order valence-corrected chi connectivity index (χ4v) is 4.72. The van der Waals surface area contributed by atoms with Crippen LogP contribution in [-0.4, -0.2) is 60.6 Å². The summed E-state index contributed by atoms with van der Waals surface area (Å²) < 4.78 is 2.20. The molecule has 0 radical (unpaired) electrons. The highest BCUT2D eigenvalue weighted by molar-refractivity contribution is 5.91. The number of nitrogens with one attached hydrogen (secondary N) is 1. The predicted molar refractivity (Wildman–Crippen MR) is 143 cm³/mol. The van der Waals surface area contributed by atoms with E-state index in [1.54, 1.807) is 0 Å². The minimum absolute atomic E-state index is 0. The lowest BCUT2D eigenvalue weighted by atomic mass is 9.91. The first-order chi connectivity index (χ1) is 15.9. The van der Waals surface area contributed by atoms with Gasteiger partial charge in [0.25, 0.3) is 0 Å². The number of piperidine rings is 1. The lowest BCUT2D eigenvalue weighted by Crippen LogP contribution is -2.35. The van der Waals surface area contributed by atoms with Crippen LogP contribution in [0.25, 0.3) is 22.4 Å². The Labute approximate surface area is 205 Å². The summed E-state index contributed by atoms with van der Waals surface area (Å²) in [7, 11) is 6.15. The molecule has 1 amide bonds. The largest absolute Gasteiger partial charge is 0.370 e. The first-order valence-corrected chi connectivity index (χ1v) is 12.1. The Balaban J connectivity index is 0.00000324. The quantitative estimate of drug-likeness (QED) is 0.518. The third kappa shape index (κ3) is 5.98. The van der Waals surface area contributed by atoms with Gasteiger partial charge in [0, 0.05) is 45.2 Å². The summed E-state index contributed by atoms with van der Waals surface area (Å²) in [6.45, 7) is 5.75. The molecule has 0 bridgehead atoms. The first kappa shape index (κ1) is 25.8. The Hall–Kier alpha value is -2.86. The number of rotatable bonds is 8. The van der Waals surface area contributed by atoms with E-state index in [2.05, 4.69) is 76.1 Å². The number of anilines is 1. The first-order valence-electron chi connectivity index (χ1n) is 12.1. The Bertz CT molecular complexity index is 1080. The number of aryl methyl sites for hydroxylation is 2. The van der Waals surface area contributed by atoms with Gasteiger partial charge in [-0.2, -0.15) is 0 Å². The van der Waals surface area contributed by atoms with E-state index in [4.69, 9.17) is 4.98 Å². The second-order valence-electron chi connectivity index (χ2n) is 9.63. The zero-order valence-electron chi connectivity index (χ0n) is 20.5. The number of benzene rings is 2. The third-order valence-electron chi connectivity index (χ3n) is 6.82. The number of carbonyl (C=O) groups excluding carboxylic acids is 1. The standard InChI is InChI=1S/C27H37N5O.CH4/c1-20-8-11-22(12-9-20)27-29-26-23(31(27)4)6-5-7-24(26)32-17-14-21(15-18-32)10-13-25(33)28-16-19-30(2)3;/h5-9,11-12,21H,10,13-19H2,1-4H3,(H,28,33);1H4. The van der Waals surface area contributed by atoms with Crippen molar-refractivity contribution in [3.05, 3.63) is 48.0 Å². The summed E-state index contributed by atoms with van der Waals surface area (Å²) in [5, 5.41) is 3.03. The molecule has 184 valence electrons. The normalized spacial score (nSPS) is 14.4. The fourth-order valence-electron chi connectivity index (χ4n) is 4.72. The molecule has 0 atom stereocenters. The molecule has 1 aliphatic heterocycles. The number of nitrogens with zero attached hydrogens (tertiary/aromatic N) is 4. The van der Waals surface area contributed by atoms with Crippen molar-refractivity contribution in [3.8, 4) is 11.4 Å². The molecular weight excluding hydrogens is 422 g/mol. The Morgan fingerprint density at radius 1 is 1.12 bits per heavy atom. The summed E-state index contributed by atoms with van der Waals surface area (Å²) in [6.07, 6.45) is 3.86. The molecule has 0 unspecified atom stereocenters. The van der Waals surface area contributed by atoms with Gasteiger partial charge in [0.1, 0.15) is 11.3 Å². The molecular formula is C28H41N5O. The number of fused-ring (bicyclic) bond motifs is 1. The van der Waals surface area contributed by atoms with E-state index in [1.807, 2.05) is 14.1 Å². The molecule has 34 heavy (non-hydrogen) atoms. The molecule has 6 nitrogen and oxygen atoms in total. The molecule has 2 heterocycles. The van der Waals surface area contributed by atoms with Crippen molar-refractivity contribution in [1.82, 2.24) is 19.8 Å². The van der Waals surface area contributed by atoms with Crippen LogP contribution in [0.5, 0.6) is 0 Å². The van der Waals surface area contributed by atoms with Crippen LogP contribution >= 0.6 is 0 Å². The minimum atomic E-state index is 0. The van der Waals surface area contributed by atoms with Crippen molar-refractivity contribution in [2.45, 2.75) is 40.0 Å². The molecule has 4 rings (SSSR count). The molecule has 0 saturated carbocycles. The zero-order chi connectivity index (χ0) is 23.4. The maximum absolute atomic E-state index is 12.1. The minimum Gasteiger partial charge on any atom is -0.370 e. The summed E-state index contributed by atoms with van der Waals surface area (Å²) in [5.74, 6) is 1.81. The van der Waals surface area contributed by atoms with Crippen LogP contribution in [0, 0.1) is 12.8 Å². The Morgan fingerprint density at radius 3 is 2.50 bits per heavy atom. The smallest absolute Gasteiger partial charge is 0.220 e. The van der Waals surface area contributed by atoms with Crippen LogP contribution < -0.4 is 10.2 Å². The van der Waals surface area contributed by atoms with Crippen molar-refractivity contribution in [1.29, 1.82) is 0 Å². The SMILES string of the molecule is C.Cc1ccc(-c2nc3c(N4CCC(CCC(=O)NCCN(C)C)CC4)cccc3n2C)cc1. The van der Waals surface area contributed by atoms with E-state index in [1.165, 1.54) is 16.8 Å². The van der Waals surface area contributed by atoms with Crippen LogP contribution in [0.3, 0.4) is 0 Å². The van der Waals surface area contributed by atoms with E-state index in [0.29, 0.717) is 12.3 Å². The molecule has 1 saturated heterocycles. The second kappa shape index (κ2) is 11.5. The molecule has 3 aromatic rings. The van der Waals surface area contributed by atoms with E-state index >= 15 is 0 Å². The van der Waals surface area contributed by atoms with Crippen molar-refractivity contribution in [2.75, 3.05) is 45.2 Å². The lowest BCUT2D eigenvalue weighted by molar-refractivity contribution is -0.121. The van der Waals surface area contributed by atoms with Gasteiger partial charge in [0.05, 0.1) is 11.2 Å². The molecule has 1 N–H and O–H groups in total. The number of carbonyl (C=O) groups is 1. The average molecular weight is 464 g/mol. The summed E-state index contributed by atoms with van der Waals surface area (Å²) >= 11 is 0. The maximum atomic E-state index is 12.1. The highest BCUT2D eigenvalue weighted by Gasteiger charge is 2.23. The molecule has 0 spiro atoms. The van der Waals surface area contributed by atoms with Gasteiger partial charge in [0.2, 0.25) is 5.91 Å². The van der Waals surface area contributed by atoms with Crippen molar-refractivity contribution in [3.63, 3.8) is 0 Å². The van der Waals surface area contributed by atoms with Crippen LogP contribution in [0.1, 0.15) is 38.7 Å². The number of para-hydroxylation sites is 1. The van der Waals surface area contributed by atoms with Gasteiger partial charge in [-0.25, -0.2) is 4.98 Å². The van der Waals surface area contributed by atoms with Gasteiger partial charge >= 0.3 is 0 Å². The average Bonchev–Trinajstić information content (AvgIpc) is 3.15. The van der Waals surface area contributed by atoms with Crippen LogP contribution in [-0.2, 0) is 11.8 Å². The van der Waals surface area contributed by atoms with Gasteiger partial charge in [-0.15, -0.1) is 0 Å². The van der Waals surface area contributed by atoms with Gasteiger partial charge in [-0.3, -0.25) is 4.79 Å². The zero-order valence-corrected chi connectivity index (χ0v) is 20.5. The second-order valence-corrected chi connectivity index (χ2v) is 9.63. The molecule has 1 aromatic heterocycles. The highest BCUT2D eigenvalue weighted by atomic mass is 16.1. The number of hydrogen-bond acceptors (Lipinski definition) is 4. The van der Waals surface area contributed by atoms with E-state index < -0.39 is 0 Å². The van der Waals surface area contributed by atoms with E-state index in [0.717, 1.165) is 62.3 Å². The van der Waals surface area contributed by atoms with Crippen LogP contribution in [0.15, 0.2) is 42.5 Å². The maximum Gasteiger partial charge on any atom is 0.220 e. The Kier molecular flexibility index (Phi) is 8.72. The molecule has 6 heteroatoms. The number of likely N-dealkylation sites (N-methyl/N-ethyl adjacent to an activating group) is 1. The summed E-state index contributed by atoms with van der Waals surface area (Å²) in [4.78, 5) is 21.7. The van der Waals surface area contributed by atoms with Gasteiger partial charge in [0.15, 0.2) is 0 Å². The highest BCUT2D eigenvalue weighted by Crippen LogP contribution is 2.33. The van der Waals surface area contributed by atoms with Crippen molar-refractivity contribution in [2.24, 2.45) is 13.0 Å². The van der Waals surface area contributed by atoms with Crippen molar-refractivity contribution >= 4 is 22.6 Å². The monoisotopic (exact) mass is 463 g/mol. The summed E-state index contributed by atoms with van der Waals surface area (Å²) in [5.41, 5.74) is 5.87. The number of aromatic nitrogens is 2. The van der Waals surface area contributed by atoms with E-state index in [-0.39, 0.29) is 13.3 Å². The topological polar surface area (TPSA) is 53.4 Å². The predicted octanol–water partition coefficient (Wildman–Crippen LogP) is 4.86. The van der Waals surface area contributed by atoms with Crippen LogP contribution in [0.4, 0.5) is 5.69 Å². The molecule has 2 aromatic carbocycles. The number of imidazole rings is 1. The Morgan fingerprint density at radius 2 is 1.82 bits per heavy atom. The fraction of sp³-hybridized carbons (Fsp3) is 0.500. The van der Waals surface area contributed by atoms with Gasteiger partial charge in [-0.05, 0) is 58.3 Å². The lowest BCUT2D eigenvalue weighted by Gasteiger charge is -2.33. The van der Waals surface area contributed by atoms with Gasteiger partial charge in [-0.1, -0.05) is 43.3 Å². The van der Waals surface area contributed by atoms with Crippen molar-refractivity contribution < 1.29 is 4.79 Å². The third-order valence-corrected chi connectivity index (χ3v) is 6.82.